The Hall–Kier alpha value is -2.50. The van der Waals surface area contributed by atoms with Gasteiger partial charge in [0.25, 0.3) is 0 Å². The van der Waals surface area contributed by atoms with E-state index in [9.17, 15) is 10.2 Å². The summed E-state index contributed by atoms with van der Waals surface area (Å²) in [6.45, 7) is 4.68. The first-order valence-electron chi connectivity index (χ1n) is 12.1. The number of aliphatic hydroxyl groups is 2. The van der Waals surface area contributed by atoms with Gasteiger partial charge in [-0.05, 0) is 55.5 Å². The molecule has 33 heavy (non-hydrogen) atoms. The molecule has 2 heterocycles. The summed E-state index contributed by atoms with van der Waals surface area (Å²) in [5.41, 5.74) is 2.22. The van der Waals surface area contributed by atoms with Crippen LogP contribution in [-0.4, -0.2) is 41.3 Å². The highest BCUT2D eigenvalue weighted by atomic mass is 16.3. The Labute approximate surface area is 197 Å². The molecule has 4 nitrogen and oxygen atoms in total. The van der Waals surface area contributed by atoms with Crippen LogP contribution in [0.4, 0.5) is 0 Å². The fourth-order valence-corrected chi connectivity index (χ4v) is 4.84. The van der Waals surface area contributed by atoms with Gasteiger partial charge in [0.2, 0.25) is 0 Å². The summed E-state index contributed by atoms with van der Waals surface area (Å²) in [5.74, 6) is 0. The molecule has 174 valence electrons. The lowest BCUT2D eigenvalue weighted by molar-refractivity contribution is -0.0277. The standard InChI is InChI=1S/C18H21NO.C11H15NO/c20-18(17-9-5-2-6-10-17)11-13-19(14-12-18)15-16-7-3-1-4-8-16;13-11(6-8-12-9-7-11)10-4-2-1-3-5-10/h1-10,20H,11-15H2;1-5,12-13H,6-9H2. The van der Waals surface area contributed by atoms with Gasteiger partial charge in [-0.15, -0.1) is 0 Å². The van der Waals surface area contributed by atoms with E-state index in [4.69, 9.17) is 0 Å². The number of hydrogen-bond acceptors (Lipinski definition) is 4. The Bertz CT molecular complexity index is 949. The van der Waals surface area contributed by atoms with E-state index >= 15 is 0 Å². The van der Waals surface area contributed by atoms with Crippen LogP contribution in [0.5, 0.6) is 0 Å². The molecule has 0 unspecified atom stereocenters. The van der Waals surface area contributed by atoms with Crippen molar-refractivity contribution in [2.75, 3.05) is 26.2 Å². The molecule has 0 amide bonds. The minimum absolute atomic E-state index is 0.591. The van der Waals surface area contributed by atoms with Crippen LogP contribution in [0, 0.1) is 0 Å². The molecule has 3 aromatic carbocycles. The average molecular weight is 445 g/mol. The molecule has 3 aromatic rings. The Kier molecular flexibility index (Phi) is 7.94. The Balaban J connectivity index is 0.000000172. The molecule has 0 bridgehead atoms. The quantitative estimate of drug-likeness (QED) is 0.557. The van der Waals surface area contributed by atoms with E-state index in [0.717, 1.165) is 69.5 Å². The molecule has 0 saturated carbocycles. The molecule has 0 aliphatic carbocycles. The van der Waals surface area contributed by atoms with Gasteiger partial charge < -0.3 is 15.5 Å². The zero-order chi connectivity index (χ0) is 23.0. The van der Waals surface area contributed by atoms with E-state index in [-0.39, 0.29) is 0 Å². The van der Waals surface area contributed by atoms with Gasteiger partial charge in [0, 0.05) is 19.6 Å². The lowest BCUT2D eigenvalue weighted by Gasteiger charge is -2.38. The van der Waals surface area contributed by atoms with Gasteiger partial charge in [0.05, 0.1) is 11.2 Å². The van der Waals surface area contributed by atoms with Crippen molar-refractivity contribution in [2.24, 2.45) is 0 Å². The van der Waals surface area contributed by atoms with Crippen LogP contribution >= 0.6 is 0 Å². The highest BCUT2D eigenvalue weighted by Crippen LogP contribution is 2.33. The molecule has 2 aliphatic heterocycles. The summed E-state index contributed by atoms with van der Waals surface area (Å²) >= 11 is 0. The minimum atomic E-state index is -0.644. The number of likely N-dealkylation sites (tertiary alicyclic amines) is 1. The third kappa shape index (κ3) is 6.30. The van der Waals surface area contributed by atoms with Crippen molar-refractivity contribution in [2.45, 2.75) is 43.4 Å². The van der Waals surface area contributed by atoms with Crippen molar-refractivity contribution in [1.29, 1.82) is 0 Å². The van der Waals surface area contributed by atoms with Crippen LogP contribution < -0.4 is 5.32 Å². The second-order valence-corrected chi connectivity index (χ2v) is 9.31. The van der Waals surface area contributed by atoms with Crippen LogP contribution in [0.1, 0.15) is 42.4 Å². The second-order valence-electron chi connectivity index (χ2n) is 9.31. The van der Waals surface area contributed by atoms with Gasteiger partial charge in [-0.25, -0.2) is 0 Å². The van der Waals surface area contributed by atoms with Crippen molar-refractivity contribution in [3.8, 4) is 0 Å². The van der Waals surface area contributed by atoms with Gasteiger partial charge in [-0.2, -0.15) is 0 Å². The zero-order valence-electron chi connectivity index (χ0n) is 19.4. The number of nitrogens with one attached hydrogen (secondary N) is 1. The van der Waals surface area contributed by atoms with Crippen molar-refractivity contribution in [3.63, 3.8) is 0 Å². The maximum Gasteiger partial charge on any atom is 0.0920 e. The lowest BCUT2D eigenvalue weighted by atomic mass is 9.84. The van der Waals surface area contributed by atoms with Crippen molar-refractivity contribution < 1.29 is 10.2 Å². The summed E-state index contributed by atoms with van der Waals surface area (Å²) in [4.78, 5) is 2.42. The van der Waals surface area contributed by atoms with Crippen LogP contribution in [-0.2, 0) is 17.7 Å². The topological polar surface area (TPSA) is 55.7 Å². The lowest BCUT2D eigenvalue weighted by Crippen LogP contribution is -2.42. The number of piperidine rings is 2. The SMILES string of the molecule is OC1(c2ccccc2)CCN(Cc2ccccc2)CC1.OC1(c2ccccc2)CCNCC1. The van der Waals surface area contributed by atoms with E-state index < -0.39 is 11.2 Å². The summed E-state index contributed by atoms with van der Waals surface area (Å²) in [6, 6.07) is 30.6. The van der Waals surface area contributed by atoms with E-state index in [1.54, 1.807) is 0 Å². The molecule has 5 rings (SSSR count). The Morgan fingerprint density at radius 3 is 1.52 bits per heavy atom. The molecule has 0 atom stereocenters. The predicted octanol–water partition coefficient (Wildman–Crippen LogP) is 4.43. The highest BCUT2D eigenvalue weighted by Gasteiger charge is 2.33. The molecule has 2 aliphatic rings. The number of benzene rings is 3. The molecule has 0 aromatic heterocycles. The molecular weight excluding hydrogens is 408 g/mol. The van der Waals surface area contributed by atoms with Crippen molar-refractivity contribution in [3.05, 3.63) is 108 Å². The fraction of sp³-hybridized carbons (Fsp3) is 0.379. The zero-order valence-corrected chi connectivity index (χ0v) is 19.4. The maximum absolute atomic E-state index is 10.8. The molecule has 0 spiro atoms. The summed E-state index contributed by atoms with van der Waals surface area (Å²) in [6.07, 6.45) is 3.25. The van der Waals surface area contributed by atoms with E-state index in [1.165, 1.54) is 5.56 Å². The molecule has 4 heteroatoms. The number of nitrogens with zero attached hydrogens (tertiary/aromatic N) is 1. The summed E-state index contributed by atoms with van der Waals surface area (Å²) in [7, 11) is 0. The van der Waals surface area contributed by atoms with Crippen LogP contribution in [0.3, 0.4) is 0 Å². The molecule has 2 saturated heterocycles. The van der Waals surface area contributed by atoms with Crippen LogP contribution in [0.25, 0.3) is 0 Å². The highest BCUT2D eigenvalue weighted by molar-refractivity contribution is 5.24. The Morgan fingerprint density at radius 2 is 1.03 bits per heavy atom. The largest absolute Gasteiger partial charge is 0.385 e. The molecule has 0 radical (unpaired) electrons. The van der Waals surface area contributed by atoms with Gasteiger partial charge in [0.15, 0.2) is 0 Å². The Morgan fingerprint density at radius 1 is 0.606 bits per heavy atom. The summed E-state index contributed by atoms with van der Waals surface area (Å²) in [5, 5.41) is 24.4. The maximum atomic E-state index is 10.8. The van der Waals surface area contributed by atoms with Gasteiger partial charge in [-0.1, -0.05) is 91.0 Å². The van der Waals surface area contributed by atoms with Crippen LogP contribution in [0.15, 0.2) is 91.0 Å². The monoisotopic (exact) mass is 444 g/mol. The smallest absolute Gasteiger partial charge is 0.0920 e. The first-order valence-corrected chi connectivity index (χ1v) is 12.1. The predicted molar refractivity (Wildman–Crippen MR) is 134 cm³/mol. The van der Waals surface area contributed by atoms with Gasteiger partial charge in [-0.3, -0.25) is 4.90 Å². The van der Waals surface area contributed by atoms with Gasteiger partial charge in [0.1, 0.15) is 0 Å². The van der Waals surface area contributed by atoms with E-state index in [2.05, 4.69) is 34.5 Å². The van der Waals surface area contributed by atoms with Gasteiger partial charge >= 0.3 is 0 Å². The first-order chi connectivity index (χ1) is 16.1. The van der Waals surface area contributed by atoms with Crippen molar-refractivity contribution >= 4 is 0 Å². The fourth-order valence-electron chi connectivity index (χ4n) is 4.84. The minimum Gasteiger partial charge on any atom is -0.385 e. The third-order valence-corrected chi connectivity index (χ3v) is 6.99. The number of hydrogen-bond donors (Lipinski definition) is 3. The normalized spacial score (nSPS) is 19.8. The first kappa shape index (κ1) is 23.7. The summed E-state index contributed by atoms with van der Waals surface area (Å²) < 4.78 is 0. The third-order valence-electron chi connectivity index (χ3n) is 6.99. The molecular formula is C29H36N2O2. The van der Waals surface area contributed by atoms with E-state index in [0.29, 0.717) is 0 Å². The molecule has 2 fully saturated rings. The average Bonchev–Trinajstić information content (AvgIpc) is 2.88. The van der Waals surface area contributed by atoms with E-state index in [1.807, 2.05) is 66.7 Å². The van der Waals surface area contributed by atoms with Crippen LogP contribution in [0.2, 0.25) is 0 Å². The second kappa shape index (κ2) is 11.1. The van der Waals surface area contributed by atoms with Crippen molar-refractivity contribution in [1.82, 2.24) is 10.2 Å². The number of rotatable bonds is 4. The molecule has 3 N–H and O–H groups in total.